The molecule has 0 radical (unpaired) electrons. The molecule has 0 unspecified atom stereocenters. The average molecular weight is 604 g/mol. The van der Waals surface area contributed by atoms with Gasteiger partial charge in [0.15, 0.2) is 10.9 Å². The minimum Gasteiger partial charge on any atom is -0.390 e. The van der Waals surface area contributed by atoms with Gasteiger partial charge >= 0.3 is 0 Å². The van der Waals surface area contributed by atoms with Crippen molar-refractivity contribution in [1.29, 1.82) is 0 Å². The zero-order chi connectivity index (χ0) is 29.2. The number of hydrogen-bond donors (Lipinski definition) is 1. The van der Waals surface area contributed by atoms with Crippen LogP contribution in [0.25, 0.3) is 5.69 Å². The predicted molar refractivity (Wildman–Crippen MR) is 158 cm³/mol. The number of ketones is 1. The minimum atomic E-state index is -0.968. The summed E-state index contributed by atoms with van der Waals surface area (Å²) in [5.41, 5.74) is 1.61. The molecule has 1 heterocycles. The third-order valence-corrected chi connectivity index (χ3v) is 8.53. The first-order valence-corrected chi connectivity index (χ1v) is 14.5. The number of Topliss-reactive ketones (excluding diaryl/α,β-unsaturated/α-hetero) is 1. The molecule has 4 rings (SSSR count). The van der Waals surface area contributed by atoms with E-state index in [4.69, 9.17) is 23.2 Å². The quantitative estimate of drug-likeness (QED) is 0.145. The summed E-state index contributed by atoms with van der Waals surface area (Å²) in [7, 11) is 0. The van der Waals surface area contributed by atoms with E-state index in [9.17, 15) is 14.3 Å². The number of aromatic nitrogens is 2. The van der Waals surface area contributed by atoms with Gasteiger partial charge in [-0.05, 0) is 73.9 Å². The molecule has 0 saturated heterocycles. The van der Waals surface area contributed by atoms with Crippen LogP contribution in [0.2, 0.25) is 10.0 Å². The lowest BCUT2D eigenvalue weighted by Gasteiger charge is -2.28. The van der Waals surface area contributed by atoms with Gasteiger partial charge in [0.2, 0.25) is 0 Å². The fraction of sp³-hybridized carbons (Fsp3) is 0.290. The number of carbonyl (C=O) groups is 1. The molecule has 0 amide bonds. The summed E-state index contributed by atoms with van der Waals surface area (Å²) in [5.74, 6) is -0.809. The maximum absolute atomic E-state index is 15.0. The SMILES string of the molecule is CC(C)(O)CCC(=O)c1ccc(CSc2ncc(C(C)(C)c3ccc(Cl)c(Cl)c3)n2-c2ccc(F)cc2)c(F)c1. The van der Waals surface area contributed by atoms with Crippen LogP contribution in [0.5, 0.6) is 0 Å². The molecule has 0 saturated carbocycles. The third kappa shape index (κ3) is 6.95. The van der Waals surface area contributed by atoms with E-state index in [0.29, 0.717) is 26.5 Å². The van der Waals surface area contributed by atoms with Crippen molar-refractivity contribution >= 4 is 40.7 Å². The van der Waals surface area contributed by atoms with Crippen LogP contribution in [0.3, 0.4) is 0 Å². The lowest BCUT2D eigenvalue weighted by atomic mass is 9.81. The minimum absolute atomic E-state index is 0.129. The van der Waals surface area contributed by atoms with E-state index < -0.39 is 16.8 Å². The summed E-state index contributed by atoms with van der Waals surface area (Å²) >= 11 is 13.8. The first-order valence-electron chi connectivity index (χ1n) is 12.7. The van der Waals surface area contributed by atoms with Crippen LogP contribution < -0.4 is 0 Å². The van der Waals surface area contributed by atoms with Crippen molar-refractivity contribution in [3.63, 3.8) is 0 Å². The van der Waals surface area contributed by atoms with Crippen molar-refractivity contribution in [3.05, 3.63) is 111 Å². The molecule has 4 nitrogen and oxygen atoms in total. The van der Waals surface area contributed by atoms with Crippen molar-refractivity contribution < 1.29 is 18.7 Å². The molecule has 0 fully saturated rings. The fourth-order valence-electron chi connectivity index (χ4n) is 4.29. The largest absolute Gasteiger partial charge is 0.390 e. The number of nitrogens with zero attached hydrogens (tertiary/aromatic N) is 2. The van der Waals surface area contributed by atoms with Gasteiger partial charge in [-0.3, -0.25) is 9.36 Å². The highest BCUT2D eigenvalue weighted by Gasteiger charge is 2.30. The summed E-state index contributed by atoms with van der Waals surface area (Å²) in [6, 6.07) is 16.0. The van der Waals surface area contributed by atoms with Gasteiger partial charge in [-0.2, -0.15) is 0 Å². The molecule has 9 heteroatoms. The van der Waals surface area contributed by atoms with Gasteiger partial charge in [-0.15, -0.1) is 0 Å². The highest BCUT2D eigenvalue weighted by Crippen LogP contribution is 2.38. The Morgan fingerprint density at radius 1 is 0.975 bits per heavy atom. The zero-order valence-electron chi connectivity index (χ0n) is 22.6. The Morgan fingerprint density at radius 2 is 1.68 bits per heavy atom. The van der Waals surface area contributed by atoms with Crippen LogP contribution in [0, 0.1) is 11.6 Å². The van der Waals surface area contributed by atoms with Crippen molar-refractivity contribution in [2.45, 2.75) is 62.5 Å². The maximum atomic E-state index is 15.0. The molecular formula is C31H30Cl2F2N2O2S. The van der Waals surface area contributed by atoms with Gasteiger partial charge in [0.25, 0.3) is 0 Å². The summed E-state index contributed by atoms with van der Waals surface area (Å²) < 4.78 is 30.7. The van der Waals surface area contributed by atoms with Gasteiger partial charge in [0, 0.05) is 28.8 Å². The Bertz CT molecular complexity index is 1530. The number of imidazole rings is 1. The van der Waals surface area contributed by atoms with E-state index in [2.05, 4.69) is 4.98 Å². The van der Waals surface area contributed by atoms with E-state index in [1.165, 1.54) is 30.0 Å². The van der Waals surface area contributed by atoms with Crippen LogP contribution in [0.1, 0.15) is 67.7 Å². The van der Waals surface area contributed by atoms with E-state index in [1.807, 2.05) is 30.5 Å². The molecular weight excluding hydrogens is 573 g/mol. The Hall–Kier alpha value is -2.71. The smallest absolute Gasteiger partial charge is 0.173 e. The summed E-state index contributed by atoms with van der Waals surface area (Å²) in [4.78, 5) is 17.1. The molecule has 0 aliphatic rings. The first-order chi connectivity index (χ1) is 18.8. The van der Waals surface area contributed by atoms with E-state index in [0.717, 1.165) is 11.3 Å². The Morgan fingerprint density at radius 3 is 2.30 bits per heavy atom. The third-order valence-electron chi connectivity index (χ3n) is 6.79. The summed E-state index contributed by atoms with van der Waals surface area (Å²) in [5, 5.41) is 11.4. The van der Waals surface area contributed by atoms with Crippen LogP contribution in [-0.2, 0) is 11.2 Å². The van der Waals surface area contributed by atoms with Gasteiger partial charge in [0.05, 0.1) is 27.5 Å². The van der Waals surface area contributed by atoms with E-state index in [-0.39, 0.29) is 35.8 Å². The first kappa shape index (κ1) is 30.3. The number of rotatable bonds is 10. The van der Waals surface area contributed by atoms with Gasteiger partial charge in [0.1, 0.15) is 11.6 Å². The number of aliphatic hydroxyl groups is 1. The van der Waals surface area contributed by atoms with Crippen molar-refractivity contribution in [2.75, 3.05) is 0 Å². The molecule has 0 aliphatic carbocycles. The molecule has 3 aromatic carbocycles. The number of thioether (sulfide) groups is 1. The Kier molecular flexibility index (Phi) is 9.10. The summed E-state index contributed by atoms with van der Waals surface area (Å²) in [6.45, 7) is 7.33. The lowest BCUT2D eigenvalue weighted by molar-refractivity contribution is 0.0633. The number of benzene rings is 3. The second-order valence-electron chi connectivity index (χ2n) is 10.8. The second-order valence-corrected chi connectivity index (χ2v) is 12.6. The molecule has 0 aliphatic heterocycles. The van der Waals surface area contributed by atoms with Gasteiger partial charge in [-0.25, -0.2) is 13.8 Å². The highest BCUT2D eigenvalue weighted by atomic mass is 35.5. The molecule has 1 N–H and O–H groups in total. The van der Waals surface area contributed by atoms with Crippen molar-refractivity contribution in [3.8, 4) is 5.69 Å². The second kappa shape index (κ2) is 12.0. The standard InChI is InChI=1S/C31H30Cl2F2N2O2S/c1-30(2,39)14-13-27(38)19-5-6-20(26(35)15-19)18-40-29-36-17-28(37(29)23-10-8-22(34)9-11-23)31(3,4)21-7-12-24(32)25(33)16-21/h5-12,15-17,39H,13-14,18H2,1-4H3. The molecule has 210 valence electrons. The number of halogens is 4. The van der Waals surface area contributed by atoms with Crippen LogP contribution in [0.4, 0.5) is 8.78 Å². The van der Waals surface area contributed by atoms with Crippen LogP contribution >= 0.6 is 35.0 Å². The Labute approximate surface area is 247 Å². The monoisotopic (exact) mass is 602 g/mol. The average Bonchev–Trinajstić information content (AvgIpc) is 3.33. The number of carbonyl (C=O) groups excluding carboxylic acids is 1. The van der Waals surface area contributed by atoms with Crippen molar-refractivity contribution in [2.24, 2.45) is 0 Å². The molecule has 0 bridgehead atoms. The number of hydrogen-bond acceptors (Lipinski definition) is 4. The fourth-order valence-corrected chi connectivity index (χ4v) is 5.57. The maximum Gasteiger partial charge on any atom is 0.173 e. The molecule has 4 aromatic rings. The lowest BCUT2D eigenvalue weighted by Crippen LogP contribution is -2.23. The van der Waals surface area contributed by atoms with Crippen molar-refractivity contribution in [1.82, 2.24) is 9.55 Å². The predicted octanol–water partition coefficient (Wildman–Crippen LogP) is 8.81. The normalized spacial score (nSPS) is 12.1. The zero-order valence-corrected chi connectivity index (χ0v) is 25.0. The van der Waals surface area contributed by atoms with Crippen LogP contribution in [-0.4, -0.2) is 26.0 Å². The van der Waals surface area contributed by atoms with E-state index >= 15 is 4.39 Å². The Balaban J connectivity index is 1.64. The molecule has 40 heavy (non-hydrogen) atoms. The summed E-state index contributed by atoms with van der Waals surface area (Å²) in [6.07, 6.45) is 2.18. The van der Waals surface area contributed by atoms with Gasteiger partial charge < -0.3 is 5.11 Å². The topological polar surface area (TPSA) is 55.1 Å². The highest BCUT2D eigenvalue weighted by molar-refractivity contribution is 7.98. The molecule has 0 spiro atoms. The molecule has 1 aromatic heterocycles. The van der Waals surface area contributed by atoms with Crippen LogP contribution in [0.15, 0.2) is 72.0 Å². The van der Waals surface area contributed by atoms with Gasteiger partial charge in [-0.1, -0.05) is 67.0 Å². The molecule has 0 atom stereocenters. The van der Waals surface area contributed by atoms with E-state index in [1.54, 1.807) is 50.4 Å².